The Morgan fingerprint density at radius 2 is 2.00 bits per heavy atom. The van der Waals surface area contributed by atoms with Gasteiger partial charge in [0.1, 0.15) is 11.3 Å². The number of carbonyl (C=O) groups excluding carboxylic acids is 1. The van der Waals surface area contributed by atoms with Crippen molar-refractivity contribution in [1.29, 1.82) is 0 Å². The quantitative estimate of drug-likeness (QED) is 0.518. The van der Waals surface area contributed by atoms with Crippen molar-refractivity contribution < 1.29 is 24.6 Å². The van der Waals surface area contributed by atoms with Gasteiger partial charge in [0, 0.05) is 12.0 Å². The molecule has 1 amide bonds. The molecule has 1 aromatic rings. The van der Waals surface area contributed by atoms with Crippen LogP contribution in [-0.4, -0.2) is 51.7 Å². The number of hydrogen-bond acceptors (Lipinski definition) is 6. The van der Waals surface area contributed by atoms with Gasteiger partial charge in [0.25, 0.3) is 5.91 Å². The maximum Gasteiger partial charge on any atom is 0.274 e. The van der Waals surface area contributed by atoms with E-state index in [1.807, 2.05) is 0 Å². The van der Waals surface area contributed by atoms with E-state index < -0.39 is 31.3 Å². The van der Waals surface area contributed by atoms with Crippen molar-refractivity contribution in [3.8, 4) is 0 Å². The predicted molar refractivity (Wildman–Crippen MR) is 59.9 cm³/mol. The SMILES string of the molecule is O=C(NC(CO)(CO)CO)c1cc(C2CC2)on1. The molecule has 1 aliphatic carbocycles. The molecule has 1 saturated carbocycles. The molecule has 1 heterocycles. The zero-order valence-corrected chi connectivity index (χ0v) is 9.80. The van der Waals surface area contributed by atoms with Gasteiger partial charge in [-0.15, -0.1) is 0 Å². The number of aromatic nitrogens is 1. The summed E-state index contributed by atoms with van der Waals surface area (Å²) in [4.78, 5) is 11.8. The molecule has 0 saturated heterocycles. The lowest BCUT2D eigenvalue weighted by molar-refractivity contribution is 0.0371. The number of carbonyl (C=O) groups is 1. The van der Waals surface area contributed by atoms with Gasteiger partial charge in [-0.3, -0.25) is 4.79 Å². The topological polar surface area (TPSA) is 116 Å². The lowest BCUT2D eigenvalue weighted by atomic mass is 10.0. The van der Waals surface area contributed by atoms with E-state index in [1.165, 1.54) is 0 Å². The average Bonchev–Trinajstić information content (AvgIpc) is 3.13. The van der Waals surface area contributed by atoms with Gasteiger partial charge in [-0.2, -0.15) is 0 Å². The van der Waals surface area contributed by atoms with Gasteiger partial charge in [0.05, 0.1) is 19.8 Å². The first kappa shape index (κ1) is 13.0. The second-order valence-corrected chi connectivity index (χ2v) is 4.60. The van der Waals surface area contributed by atoms with Crippen LogP contribution in [0.15, 0.2) is 10.6 Å². The minimum absolute atomic E-state index is 0.0802. The minimum atomic E-state index is -1.45. The lowest BCUT2D eigenvalue weighted by Crippen LogP contribution is -2.57. The molecule has 2 rings (SSSR count). The highest BCUT2D eigenvalue weighted by Crippen LogP contribution is 2.40. The van der Waals surface area contributed by atoms with Gasteiger partial charge in [-0.25, -0.2) is 0 Å². The Morgan fingerprint density at radius 1 is 1.39 bits per heavy atom. The van der Waals surface area contributed by atoms with Crippen LogP contribution < -0.4 is 5.32 Å². The van der Waals surface area contributed by atoms with Gasteiger partial charge in [-0.05, 0) is 12.8 Å². The van der Waals surface area contributed by atoms with E-state index in [0.717, 1.165) is 12.8 Å². The molecule has 18 heavy (non-hydrogen) atoms. The molecule has 0 unspecified atom stereocenters. The number of hydrogen-bond donors (Lipinski definition) is 4. The van der Waals surface area contributed by atoms with E-state index in [0.29, 0.717) is 11.7 Å². The molecular weight excluding hydrogens is 240 g/mol. The van der Waals surface area contributed by atoms with Crippen LogP contribution in [0.2, 0.25) is 0 Å². The summed E-state index contributed by atoms with van der Waals surface area (Å²) >= 11 is 0. The monoisotopic (exact) mass is 256 g/mol. The second kappa shape index (κ2) is 5.05. The summed E-state index contributed by atoms with van der Waals surface area (Å²) in [5.74, 6) is 0.419. The largest absolute Gasteiger partial charge is 0.394 e. The number of amides is 1. The van der Waals surface area contributed by atoms with Crippen molar-refractivity contribution in [3.63, 3.8) is 0 Å². The lowest BCUT2D eigenvalue weighted by Gasteiger charge is -2.28. The second-order valence-electron chi connectivity index (χ2n) is 4.60. The third-order valence-electron chi connectivity index (χ3n) is 3.03. The molecule has 0 spiro atoms. The third-order valence-corrected chi connectivity index (χ3v) is 3.03. The first-order valence-corrected chi connectivity index (χ1v) is 5.76. The van der Waals surface area contributed by atoms with Crippen LogP contribution in [0.3, 0.4) is 0 Å². The van der Waals surface area contributed by atoms with E-state index in [4.69, 9.17) is 19.8 Å². The molecule has 0 bridgehead atoms. The van der Waals surface area contributed by atoms with Crippen LogP contribution in [0, 0.1) is 0 Å². The fourth-order valence-electron chi connectivity index (χ4n) is 1.53. The zero-order chi connectivity index (χ0) is 13.2. The first-order chi connectivity index (χ1) is 8.64. The summed E-state index contributed by atoms with van der Waals surface area (Å²) in [7, 11) is 0. The Labute approximate surface area is 103 Å². The zero-order valence-electron chi connectivity index (χ0n) is 9.80. The molecule has 0 aromatic carbocycles. The van der Waals surface area contributed by atoms with Crippen molar-refractivity contribution in [1.82, 2.24) is 10.5 Å². The highest BCUT2D eigenvalue weighted by Gasteiger charge is 2.33. The molecule has 100 valence electrons. The summed E-state index contributed by atoms with van der Waals surface area (Å²) in [5.41, 5.74) is -1.37. The van der Waals surface area contributed by atoms with E-state index in [2.05, 4.69) is 10.5 Å². The molecule has 0 atom stereocenters. The van der Waals surface area contributed by atoms with E-state index in [9.17, 15) is 4.79 Å². The molecule has 1 fully saturated rings. The number of aliphatic hydroxyl groups is 3. The van der Waals surface area contributed by atoms with Crippen LogP contribution in [0.4, 0.5) is 0 Å². The Hall–Kier alpha value is -1.44. The van der Waals surface area contributed by atoms with Gasteiger partial charge in [-0.1, -0.05) is 5.16 Å². The van der Waals surface area contributed by atoms with Crippen molar-refractivity contribution in [3.05, 3.63) is 17.5 Å². The van der Waals surface area contributed by atoms with Crippen molar-refractivity contribution in [2.24, 2.45) is 0 Å². The van der Waals surface area contributed by atoms with Gasteiger partial charge in [0.2, 0.25) is 0 Å². The fourth-order valence-corrected chi connectivity index (χ4v) is 1.53. The number of nitrogens with one attached hydrogen (secondary N) is 1. The summed E-state index contributed by atoms with van der Waals surface area (Å²) in [6.07, 6.45) is 2.06. The summed E-state index contributed by atoms with van der Waals surface area (Å²) in [5, 5.41) is 33.3. The minimum Gasteiger partial charge on any atom is -0.394 e. The van der Waals surface area contributed by atoms with Gasteiger partial charge < -0.3 is 25.2 Å². The van der Waals surface area contributed by atoms with E-state index in [-0.39, 0.29) is 5.69 Å². The Kier molecular flexibility index (Phi) is 3.65. The molecule has 0 aliphatic heterocycles. The normalized spacial score (nSPS) is 15.7. The Bertz CT molecular complexity index is 415. The highest BCUT2D eigenvalue weighted by molar-refractivity contribution is 5.92. The standard InChI is InChI=1S/C11H16N2O5/c14-4-11(5-15,6-16)12-10(17)8-3-9(18-13-8)7-1-2-7/h3,7,14-16H,1-2,4-6H2,(H,12,17). The summed E-state index contributed by atoms with van der Waals surface area (Å²) in [6, 6.07) is 1.55. The van der Waals surface area contributed by atoms with Crippen LogP contribution in [-0.2, 0) is 0 Å². The molecular formula is C11H16N2O5. The molecule has 1 aliphatic rings. The molecule has 7 nitrogen and oxygen atoms in total. The third kappa shape index (κ3) is 2.53. The predicted octanol–water partition coefficient (Wildman–Crippen LogP) is -1.00. The molecule has 0 radical (unpaired) electrons. The number of rotatable bonds is 6. The Balaban J connectivity index is 2.05. The fraction of sp³-hybridized carbons (Fsp3) is 0.636. The number of aliphatic hydroxyl groups excluding tert-OH is 3. The smallest absolute Gasteiger partial charge is 0.274 e. The summed E-state index contributed by atoms with van der Waals surface area (Å²) in [6.45, 7) is -1.71. The van der Waals surface area contributed by atoms with Crippen LogP contribution >= 0.6 is 0 Å². The van der Waals surface area contributed by atoms with Crippen LogP contribution in [0.5, 0.6) is 0 Å². The first-order valence-electron chi connectivity index (χ1n) is 5.76. The van der Waals surface area contributed by atoms with E-state index in [1.54, 1.807) is 6.07 Å². The summed E-state index contributed by atoms with van der Waals surface area (Å²) < 4.78 is 5.03. The van der Waals surface area contributed by atoms with Crippen molar-refractivity contribution in [2.45, 2.75) is 24.3 Å². The highest BCUT2D eigenvalue weighted by atomic mass is 16.5. The number of nitrogens with zero attached hydrogens (tertiary/aromatic N) is 1. The maximum atomic E-state index is 11.8. The van der Waals surface area contributed by atoms with Crippen LogP contribution in [0.1, 0.15) is 35.0 Å². The average molecular weight is 256 g/mol. The van der Waals surface area contributed by atoms with Crippen molar-refractivity contribution in [2.75, 3.05) is 19.8 Å². The van der Waals surface area contributed by atoms with Crippen LogP contribution in [0.25, 0.3) is 0 Å². The molecule has 4 N–H and O–H groups in total. The van der Waals surface area contributed by atoms with Crippen molar-refractivity contribution >= 4 is 5.91 Å². The van der Waals surface area contributed by atoms with Gasteiger partial charge in [0.15, 0.2) is 5.69 Å². The Morgan fingerprint density at radius 3 is 2.50 bits per heavy atom. The molecule has 1 aromatic heterocycles. The van der Waals surface area contributed by atoms with E-state index >= 15 is 0 Å². The maximum absolute atomic E-state index is 11.8. The van der Waals surface area contributed by atoms with Gasteiger partial charge >= 0.3 is 0 Å². The molecule has 7 heteroatoms.